The number of benzene rings is 2. The number of nitrogens with zero attached hydrogens (tertiary/aromatic N) is 1. The van der Waals surface area contributed by atoms with Gasteiger partial charge in [0.25, 0.3) is 15.7 Å². The van der Waals surface area contributed by atoms with Crippen LogP contribution in [0.4, 0.5) is 15.8 Å². The summed E-state index contributed by atoms with van der Waals surface area (Å²) >= 11 is 0. The second kappa shape index (κ2) is 5.60. The van der Waals surface area contributed by atoms with Gasteiger partial charge in [-0.2, -0.15) is 0 Å². The van der Waals surface area contributed by atoms with Crippen molar-refractivity contribution in [3.8, 4) is 5.75 Å². The maximum Gasteiger partial charge on any atom is 0.290 e. The van der Waals surface area contributed by atoms with Crippen LogP contribution in [0.5, 0.6) is 5.75 Å². The Morgan fingerprint density at radius 2 is 1.95 bits per heavy atom. The SMILES string of the molecule is Cc1cccc(O)c1NS(=O)(=O)c1cc(F)ccc1[N+](=O)[O-]. The number of hydrogen-bond acceptors (Lipinski definition) is 5. The van der Waals surface area contributed by atoms with E-state index in [4.69, 9.17) is 0 Å². The molecule has 0 aliphatic heterocycles. The van der Waals surface area contributed by atoms with Gasteiger partial charge in [0.15, 0.2) is 4.90 Å². The van der Waals surface area contributed by atoms with Crippen molar-refractivity contribution < 1.29 is 22.8 Å². The Kier molecular flexibility index (Phi) is 4.00. The number of nitro groups is 1. The van der Waals surface area contributed by atoms with E-state index >= 15 is 0 Å². The highest BCUT2D eigenvalue weighted by molar-refractivity contribution is 7.92. The average Bonchev–Trinajstić information content (AvgIpc) is 2.42. The Morgan fingerprint density at radius 1 is 1.27 bits per heavy atom. The molecule has 0 aliphatic rings. The van der Waals surface area contributed by atoms with Crippen molar-refractivity contribution in [2.45, 2.75) is 11.8 Å². The third-order valence-corrected chi connectivity index (χ3v) is 4.27. The van der Waals surface area contributed by atoms with Crippen molar-refractivity contribution in [3.63, 3.8) is 0 Å². The summed E-state index contributed by atoms with van der Waals surface area (Å²) < 4.78 is 39.9. The van der Waals surface area contributed by atoms with Crippen LogP contribution in [-0.4, -0.2) is 18.4 Å². The molecule has 0 amide bonds. The van der Waals surface area contributed by atoms with E-state index in [9.17, 15) is 28.0 Å². The van der Waals surface area contributed by atoms with Gasteiger partial charge in [-0.3, -0.25) is 14.8 Å². The third kappa shape index (κ3) is 2.98. The number of aryl methyl sites for hydroxylation is 1. The summed E-state index contributed by atoms with van der Waals surface area (Å²) in [5, 5.41) is 20.6. The Balaban J connectivity index is 2.57. The molecule has 0 atom stereocenters. The predicted octanol–water partition coefficient (Wildman–Crippen LogP) is 2.55. The normalized spacial score (nSPS) is 11.2. The van der Waals surface area contributed by atoms with Crippen LogP contribution in [0.25, 0.3) is 0 Å². The number of nitro benzene ring substituents is 1. The fourth-order valence-corrected chi connectivity index (χ4v) is 3.16. The lowest BCUT2D eigenvalue weighted by molar-refractivity contribution is -0.387. The maximum atomic E-state index is 13.3. The minimum atomic E-state index is -4.45. The molecule has 0 spiro atoms. The zero-order valence-electron chi connectivity index (χ0n) is 11.3. The van der Waals surface area contributed by atoms with Gasteiger partial charge in [0.1, 0.15) is 11.6 Å². The molecular weight excluding hydrogens is 315 g/mol. The van der Waals surface area contributed by atoms with Gasteiger partial charge in [0.2, 0.25) is 0 Å². The Bertz CT molecular complexity index is 831. The molecule has 2 aromatic rings. The van der Waals surface area contributed by atoms with Gasteiger partial charge < -0.3 is 5.11 Å². The van der Waals surface area contributed by atoms with E-state index in [2.05, 4.69) is 0 Å². The highest BCUT2D eigenvalue weighted by Gasteiger charge is 2.27. The molecule has 0 aromatic heterocycles. The van der Waals surface area contributed by atoms with E-state index in [1.54, 1.807) is 0 Å². The highest BCUT2D eigenvalue weighted by Crippen LogP contribution is 2.31. The van der Waals surface area contributed by atoms with Crippen LogP contribution in [0.15, 0.2) is 41.3 Å². The van der Waals surface area contributed by atoms with Crippen molar-refractivity contribution in [1.29, 1.82) is 0 Å². The zero-order chi connectivity index (χ0) is 16.5. The Hall–Kier alpha value is -2.68. The van der Waals surface area contributed by atoms with Crippen LogP contribution < -0.4 is 4.72 Å². The van der Waals surface area contributed by atoms with E-state index in [0.29, 0.717) is 11.6 Å². The van der Waals surface area contributed by atoms with Crippen LogP contribution in [0.3, 0.4) is 0 Å². The second-order valence-corrected chi connectivity index (χ2v) is 6.09. The summed E-state index contributed by atoms with van der Waals surface area (Å²) in [5.41, 5.74) is -0.481. The number of halogens is 1. The predicted molar refractivity (Wildman–Crippen MR) is 76.7 cm³/mol. The van der Waals surface area contributed by atoms with Crippen LogP contribution in [0, 0.1) is 22.9 Å². The van der Waals surface area contributed by atoms with E-state index in [0.717, 1.165) is 12.1 Å². The average molecular weight is 326 g/mol. The number of para-hydroxylation sites is 1. The topological polar surface area (TPSA) is 110 Å². The largest absolute Gasteiger partial charge is 0.506 e. The molecule has 0 fully saturated rings. The number of nitrogens with one attached hydrogen (secondary N) is 1. The summed E-state index contributed by atoms with van der Waals surface area (Å²) in [6.45, 7) is 1.54. The Labute approximate surface area is 125 Å². The van der Waals surface area contributed by atoms with Gasteiger partial charge >= 0.3 is 0 Å². The van der Waals surface area contributed by atoms with Crippen molar-refractivity contribution in [2.75, 3.05) is 4.72 Å². The first-order valence-electron chi connectivity index (χ1n) is 5.97. The maximum absolute atomic E-state index is 13.3. The fourth-order valence-electron chi connectivity index (χ4n) is 1.83. The highest BCUT2D eigenvalue weighted by atomic mass is 32.2. The first-order valence-corrected chi connectivity index (χ1v) is 7.46. The summed E-state index contributed by atoms with van der Waals surface area (Å²) in [6, 6.07) is 6.41. The van der Waals surface area contributed by atoms with Crippen molar-refractivity contribution in [2.24, 2.45) is 0 Å². The molecular formula is C13H11FN2O5S. The standard InChI is InChI=1S/C13H11FN2O5S/c1-8-3-2-4-11(17)13(8)15-22(20,21)12-7-9(14)5-6-10(12)16(18)19/h2-7,15,17H,1H3. The fraction of sp³-hybridized carbons (Fsp3) is 0.0769. The van der Waals surface area contributed by atoms with E-state index in [-0.39, 0.29) is 11.4 Å². The van der Waals surface area contributed by atoms with Gasteiger partial charge in [-0.25, -0.2) is 12.8 Å². The van der Waals surface area contributed by atoms with Gasteiger partial charge in [0.05, 0.1) is 10.6 Å². The molecule has 2 N–H and O–H groups in total. The molecule has 2 aromatic carbocycles. The summed E-state index contributed by atoms with van der Waals surface area (Å²) in [7, 11) is -4.45. The van der Waals surface area contributed by atoms with E-state index < -0.39 is 31.3 Å². The molecule has 0 aliphatic carbocycles. The molecule has 0 unspecified atom stereocenters. The summed E-state index contributed by atoms with van der Waals surface area (Å²) in [5.74, 6) is -1.28. The summed E-state index contributed by atoms with van der Waals surface area (Å²) in [6.07, 6.45) is 0. The molecule has 0 heterocycles. The molecule has 0 saturated carbocycles. The number of sulfonamides is 1. The number of phenols is 1. The molecule has 7 nitrogen and oxygen atoms in total. The summed E-state index contributed by atoms with van der Waals surface area (Å²) in [4.78, 5) is 9.16. The quantitative estimate of drug-likeness (QED) is 0.510. The molecule has 0 radical (unpaired) electrons. The lowest BCUT2D eigenvalue weighted by Crippen LogP contribution is -2.16. The van der Waals surface area contributed by atoms with Crippen LogP contribution in [0.1, 0.15) is 5.56 Å². The van der Waals surface area contributed by atoms with Gasteiger partial charge in [0, 0.05) is 12.1 Å². The first kappa shape index (κ1) is 15.7. The lowest BCUT2D eigenvalue weighted by atomic mass is 10.2. The van der Waals surface area contributed by atoms with Crippen molar-refractivity contribution in [3.05, 3.63) is 57.9 Å². The third-order valence-electron chi connectivity index (χ3n) is 2.90. The van der Waals surface area contributed by atoms with Crippen molar-refractivity contribution >= 4 is 21.4 Å². The van der Waals surface area contributed by atoms with Crippen molar-refractivity contribution in [1.82, 2.24) is 0 Å². The first-order chi connectivity index (χ1) is 10.2. The lowest BCUT2D eigenvalue weighted by Gasteiger charge is -2.12. The van der Waals surface area contributed by atoms with E-state index in [1.807, 2.05) is 4.72 Å². The minimum Gasteiger partial charge on any atom is -0.506 e. The van der Waals surface area contributed by atoms with Gasteiger partial charge in [-0.1, -0.05) is 12.1 Å². The molecule has 0 saturated heterocycles. The molecule has 2 rings (SSSR count). The molecule has 22 heavy (non-hydrogen) atoms. The van der Waals surface area contributed by atoms with Crippen LogP contribution in [0.2, 0.25) is 0 Å². The van der Waals surface area contributed by atoms with Crippen LogP contribution >= 0.6 is 0 Å². The number of phenolic OH excluding ortho intramolecular Hbond substituents is 1. The number of rotatable bonds is 4. The van der Waals surface area contributed by atoms with Gasteiger partial charge in [-0.05, 0) is 24.6 Å². The number of anilines is 1. The smallest absolute Gasteiger partial charge is 0.290 e. The van der Waals surface area contributed by atoms with Gasteiger partial charge in [-0.15, -0.1) is 0 Å². The zero-order valence-corrected chi connectivity index (χ0v) is 12.1. The monoisotopic (exact) mass is 326 g/mol. The van der Waals surface area contributed by atoms with E-state index in [1.165, 1.54) is 25.1 Å². The minimum absolute atomic E-state index is 0.124. The molecule has 0 bridgehead atoms. The molecule has 116 valence electrons. The molecule has 9 heteroatoms. The Morgan fingerprint density at radius 3 is 2.55 bits per heavy atom. The number of aromatic hydroxyl groups is 1. The number of hydrogen-bond donors (Lipinski definition) is 2. The van der Waals surface area contributed by atoms with Crippen LogP contribution in [-0.2, 0) is 10.0 Å². The second-order valence-electron chi connectivity index (χ2n) is 4.44.